The van der Waals surface area contributed by atoms with Crippen molar-refractivity contribution in [3.8, 4) is 5.75 Å². The Bertz CT molecular complexity index is 637. The molecule has 0 aliphatic carbocycles. The lowest BCUT2D eigenvalue weighted by Gasteiger charge is -2.17. The van der Waals surface area contributed by atoms with E-state index in [9.17, 15) is 9.59 Å². The topological polar surface area (TPSA) is 66.8 Å². The van der Waals surface area contributed by atoms with Gasteiger partial charge in [-0.25, -0.2) is 4.79 Å². The molecule has 0 spiro atoms. The molecule has 0 saturated heterocycles. The van der Waals surface area contributed by atoms with E-state index in [2.05, 4.69) is 0 Å². The third kappa shape index (κ3) is 5.75. The molecule has 1 aromatic heterocycles. The summed E-state index contributed by atoms with van der Waals surface area (Å²) >= 11 is 1.66. The summed E-state index contributed by atoms with van der Waals surface area (Å²) in [7, 11) is 1.78. The maximum Gasteiger partial charge on any atom is 0.341 e. The Hall–Kier alpha value is -2.34. The van der Waals surface area contributed by atoms with Crippen LogP contribution in [0.3, 0.4) is 0 Å². The molecule has 6 heteroatoms. The predicted molar refractivity (Wildman–Crippen MR) is 88.7 cm³/mol. The van der Waals surface area contributed by atoms with Gasteiger partial charge in [-0.05, 0) is 35.6 Å². The van der Waals surface area contributed by atoms with Gasteiger partial charge in [0.05, 0.1) is 0 Å². The number of carboxylic acid groups (broad SMARTS) is 1. The molecule has 2 aromatic rings. The minimum absolute atomic E-state index is 0.101. The molecule has 0 unspecified atom stereocenters. The van der Waals surface area contributed by atoms with Gasteiger partial charge in [0.15, 0.2) is 6.61 Å². The van der Waals surface area contributed by atoms with Crippen LogP contribution in [0.1, 0.15) is 16.9 Å². The number of aliphatic carboxylic acids is 1. The Labute approximate surface area is 139 Å². The van der Waals surface area contributed by atoms with Gasteiger partial charge in [0.25, 0.3) is 0 Å². The number of hydrogen-bond donors (Lipinski definition) is 1. The lowest BCUT2D eigenvalue weighted by Crippen LogP contribution is -2.26. The molecule has 0 bridgehead atoms. The zero-order valence-corrected chi connectivity index (χ0v) is 13.7. The van der Waals surface area contributed by atoms with E-state index >= 15 is 0 Å². The van der Waals surface area contributed by atoms with Crippen LogP contribution in [0.2, 0.25) is 0 Å². The monoisotopic (exact) mass is 333 g/mol. The van der Waals surface area contributed by atoms with Gasteiger partial charge in [-0.15, -0.1) is 11.3 Å². The highest BCUT2D eigenvalue weighted by Crippen LogP contribution is 2.15. The first-order valence-electron chi connectivity index (χ1n) is 7.24. The van der Waals surface area contributed by atoms with Gasteiger partial charge in [-0.2, -0.15) is 0 Å². The maximum atomic E-state index is 12.1. The fourth-order valence-electron chi connectivity index (χ4n) is 2.07. The molecule has 1 heterocycles. The van der Waals surface area contributed by atoms with Crippen LogP contribution < -0.4 is 4.74 Å². The van der Waals surface area contributed by atoms with Gasteiger partial charge in [0, 0.05) is 24.9 Å². The highest BCUT2D eigenvalue weighted by atomic mass is 32.1. The summed E-state index contributed by atoms with van der Waals surface area (Å²) in [6.07, 6.45) is 1.26. The fourth-order valence-corrected chi connectivity index (χ4v) is 2.78. The lowest BCUT2D eigenvalue weighted by atomic mass is 10.2. The summed E-state index contributed by atoms with van der Waals surface area (Å²) < 4.78 is 5.08. The molecule has 0 aliphatic heterocycles. The highest BCUT2D eigenvalue weighted by molar-refractivity contribution is 7.09. The van der Waals surface area contributed by atoms with E-state index in [1.165, 1.54) is 4.88 Å². The molecular formula is C17H19NO4S. The number of nitrogens with zero attached hydrogens (tertiary/aromatic N) is 1. The van der Waals surface area contributed by atoms with Crippen molar-refractivity contribution in [2.75, 3.05) is 13.7 Å². The van der Waals surface area contributed by atoms with Crippen LogP contribution in [-0.4, -0.2) is 35.5 Å². The fraction of sp³-hybridized carbons (Fsp3) is 0.294. The van der Waals surface area contributed by atoms with Crippen LogP contribution in [0.5, 0.6) is 5.75 Å². The molecule has 2 rings (SSSR count). The smallest absolute Gasteiger partial charge is 0.341 e. The summed E-state index contributed by atoms with van der Waals surface area (Å²) in [5.74, 6) is -0.405. The molecule has 0 aliphatic rings. The quantitative estimate of drug-likeness (QED) is 0.807. The predicted octanol–water partition coefficient (Wildman–Crippen LogP) is 2.80. The van der Waals surface area contributed by atoms with Gasteiger partial charge in [-0.3, -0.25) is 4.79 Å². The number of carbonyl (C=O) groups excluding carboxylic acids is 1. The summed E-state index contributed by atoms with van der Waals surface area (Å²) in [4.78, 5) is 25.5. The minimum Gasteiger partial charge on any atom is -0.482 e. The highest BCUT2D eigenvalue weighted by Gasteiger charge is 2.10. The second kappa shape index (κ2) is 8.33. The van der Waals surface area contributed by atoms with E-state index in [-0.39, 0.29) is 12.5 Å². The number of hydrogen-bond acceptors (Lipinski definition) is 4. The van der Waals surface area contributed by atoms with Gasteiger partial charge >= 0.3 is 5.97 Å². The van der Waals surface area contributed by atoms with E-state index in [0.717, 1.165) is 12.0 Å². The van der Waals surface area contributed by atoms with Crippen molar-refractivity contribution in [3.63, 3.8) is 0 Å². The van der Waals surface area contributed by atoms with Crippen molar-refractivity contribution in [2.45, 2.75) is 19.4 Å². The first kappa shape index (κ1) is 17.0. The second-order valence-electron chi connectivity index (χ2n) is 5.16. The summed E-state index contributed by atoms with van der Waals surface area (Å²) in [6, 6.07) is 11.1. The molecule has 1 amide bonds. The molecule has 1 N–H and O–H groups in total. The second-order valence-corrected chi connectivity index (χ2v) is 6.19. The number of carbonyl (C=O) groups is 2. The van der Waals surface area contributed by atoms with E-state index in [0.29, 0.717) is 18.7 Å². The standard InChI is InChI=1S/C17H19NO4S/c1-18(16(19)9-8-15-3-2-10-23-15)11-13-4-6-14(7-5-13)22-12-17(20)21/h2-7,10H,8-9,11-12H2,1H3,(H,20,21). The van der Waals surface area contributed by atoms with E-state index in [1.807, 2.05) is 29.6 Å². The van der Waals surface area contributed by atoms with Crippen LogP contribution in [0.25, 0.3) is 0 Å². The zero-order valence-electron chi connectivity index (χ0n) is 12.9. The summed E-state index contributed by atoms with van der Waals surface area (Å²) in [5, 5.41) is 10.6. The van der Waals surface area contributed by atoms with Crippen LogP contribution in [0.4, 0.5) is 0 Å². The molecule has 0 radical (unpaired) electrons. The molecule has 0 saturated carbocycles. The molecule has 5 nitrogen and oxygen atoms in total. The normalized spacial score (nSPS) is 10.3. The summed E-state index contributed by atoms with van der Waals surface area (Å²) in [6.45, 7) is 0.156. The van der Waals surface area contributed by atoms with Crippen LogP contribution >= 0.6 is 11.3 Å². The number of rotatable bonds is 8. The maximum absolute atomic E-state index is 12.1. The molecular weight excluding hydrogens is 314 g/mol. The van der Waals surface area contributed by atoms with E-state index in [4.69, 9.17) is 9.84 Å². The van der Waals surface area contributed by atoms with Crippen LogP contribution in [0.15, 0.2) is 41.8 Å². The number of carboxylic acids is 1. The number of amides is 1. The van der Waals surface area contributed by atoms with Crippen molar-refractivity contribution in [2.24, 2.45) is 0 Å². The molecule has 0 fully saturated rings. The average Bonchev–Trinajstić information content (AvgIpc) is 3.05. The Kier molecular flexibility index (Phi) is 6.17. The molecule has 0 atom stereocenters. The number of thiophene rings is 1. The first-order chi connectivity index (χ1) is 11.0. The largest absolute Gasteiger partial charge is 0.482 e. The van der Waals surface area contributed by atoms with Gasteiger partial charge in [0.2, 0.25) is 5.91 Å². The van der Waals surface area contributed by atoms with E-state index in [1.54, 1.807) is 35.4 Å². The molecule has 23 heavy (non-hydrogen) atoms. The third-order valence-electron chi connectivity index (χ3n) is 3.30. The van der Waals surface area contributed by atoms with Crippen LogP contribution in [0, 0.1) is 0 Å². The van der Waals surface area contributed by atoms with Gasteiger partial charge < -0.3 is 14.7 Å². The lowest BCUT2D eigenvalue weighted by molar-refractivity contribution is -0.139. The zero-order chi connectivity index (χ0) is 16.7. The Morgan fingerprint density at radius 3 is 2.57 bits per heavy atom. The SMILES string of the molecule is CN(Cc1ccc(OCC(=O)O)cc1)C(=O)CCc1cccs1. The number of benzene rings is 1. The van der Waals surface area contributed by atoms with Gasteiger partial charge in [-0.1, -0.05) is 18.2 Å². The molecule has 1 aromatic carbocycles. The third-order valence-corrected chi connectivity index (χ3v) is 4.23. The minimum atomic E-state index is -1.01. The van der Waals surface area contributed by atoms with Crippen molar-refractivity contribution in [1.82, 2.24) is 4.90 Å². The number of ether oxygens (including phenoxy) is 1. The van der Waals surface area contributed by atoms with Gasteiger partial charge in [0.1, 0.15) is 5.75 Å². The van der Waals surface area contributed by atoms with Crippen molar-refractivity contribution < 1.29 is 19.4 Å². The van der Waals surface area contributed by atoms with Crippen molar-refractivity contribution in [1.29, 1.82) is 0 Å². The molecule has 122 valence electrons. The van der Waals surface area contributed by atoms with Crippen molar-refractivity contribution in [3.05, 3.63) is 52.2 Å². The van der Waals surface area contributed by atoms with Crippen LogP contribution in [-0.2, 0) is 22.6 Å². The summed E-state index contributed by atoms with van der Waals surface area (Å²) in [5.41, 5.74) is 0.972. The first-order valence-corrected chi connectivity index (χ1v) is 8.12. The average molecular weight is 333 g/mol. The Morgan fingerprint density at radius 2 is 1.96 bits per heavy atom. The number of aryl methyl sites for hydroxylation is 1. The van der Waals surface area contributed by atoms with Crippen molar-refractivity contribution >= 4 is 23.2 Å². The Balaban J connectivity index is 1.80. The van der Waals surface area contributed by atoms with E-state index < -0.39 is 5.97 Å². The Morgan fingerprint density at radius 1 is 1.22 bits per heavy atom.